The van der Waals surface area contributed by atoms with Crippen molar-refractivity contribution in [3.05, 3.63) is 57.8 Å². The van der Waals surface area contributed by atoms with E-state index < -0.39 is 0 Å². The van der Waals surface area contributed by atoms with Crippen LogP contribution in [0.3, 0.4) is 0 Å². The van der Waals surface area contributed by atoms with Gasteiger partial charge < -0.3 is 0 Å². The molecule has 1 aromatic carbocycles. The van der Waals surface area contributed by atoms with Gasteiger partial charge in [-0.25, -0.2) is 0 Å². The molecule has 0 N–H and O–H groups in total. The first kappa shape index (κ1) is 15.0. The van der Waals surface area contributed by atoms with Crippen LogP contribution in [0.5, 0.6) is 0 Å². The second-order valence-corrected chi connectivity index (χ2v) is 6.76. The molecule has 2 heterocycles. The number of benzene rings is 1. The normalized spacial score (nSPS) is 17.0. The third-order valence-corrected chi connectivity index (χ3v) is 5.08. The van der Waals surface area contributed by atoms with Gasteiger partial charge in [-0.3, -0.25) is 9.69 Å². The van der Waals surface area contributed by atoms with E-state index in [4.69, 9.17) is 0 Å². The lowest BCUT2D eigenvalue weighted by Gasteiger charge is -2.16. The molecule has 1 aliphatic rings. The molecule has 0 saturated carbocycles. The summed E-state index contributed by atoms with van der Waals surface area (Å²) in [6, 6.07) is 12.0. The van der Waals surface area contributed by atoms with Crippen molar-refractivity contribution in [1.29, 1.82) is 0 Å². The van der Waals surface area contributed by atoms with Crippen molar-refractivity contribution >= 4 is 40.4 Å². The molecule has 0 unspecified atom stereocenters. The number of carbonyl (C=O) groups excluding carboxylic acids is 1. The lowest BCUT2D eigenvalue weighted by molar-refractivity contribution is -0.124. The van der Waals surface area contributed by atoms with Gasteiger partial charge in [0.25, 0.3) is 0 Å². The maximum absolute atomic E-state index is 12.1. The molecule has 6 heteroatoms. The minimum Gasteiger partial charge on any atom is -0.285 e. The fraction of sp³-hybridized carbons (Fsp3) is 0.188. The van der Waals surface area contributed by atoms with Gasteiger partial charge in [0.05, 0.1) is 18.5 Å². The van der Waals surface area contributed by atoms with Gasteiger partial charge in [0.2, 0.25) is 5.91 Å². The van der Waals surface area contributed by atoms with Crippen LogP contribution in [-0.4, -0.2) is 27.9 Å². The number of nitrogens with zero attached hydrogens (tertiary/aromatic N) is 3. The minimum atomic E-state index is 0.0818. The standard InChI is InChI=1S/C16H15N3OS2/c1-12-5-2-3-6-13(12)10-19-15(20)11-22-16(19)18-17-9-14-7-4-8-21-14/h2-9H,10-11H2,1H3. The van der Waals surface area contributed by atoms with Gasteiger partial charge >= 0.3 is 0 Å². The van der Waals surface area contributed by atoms with Gasteiger partial charge in [0.1, 0.15) is 0 Å². The van der Waals surface area contributed by atoms with E-state index in [-0.39, 0.29) is 5.91 Å². The van der Waals surface area contributed by atoms with Crippen LogP contribution in [0.4, 0.5) is 0 Å². The Bertz CT molecular complexity index is 723. The van der Waals surface area contributed by atoms with Gasteiger partial charge in [-0.15, -0.1) is 16.4 Å². The average Bonchev–Trinajstić information content (AvgIpc) is 3.14. The molecular weight excluding hydrogens is 314 g/mol. The van der Waals surface area contributed by atoms with Crippen molar-refractivity contribution in [2.75, 3.05) is 5.75 Å². The lowest BCUT2D eigenvalue weighted by atomic mass is 10.1. The number of amidine groups is 1. The van der Waals surface area contributed by atoms with Gasteiger partial charge in [0, 0.05) is 4.88 Å². The highest BCUT2D eigenvalue weighted by Gasteiger charge is 2.28. The summed E-state index contributed by atoms with van der Waals surface area (Å²) in [6.07, 6.45) is 1.72. The van der Waals surface area contributed by atoms with E-state index in [1.54, 1.807) is 22.5 Å². The molecule has 0 radical (unpaired) electrons. The summed E-state index contributed by atoms with van der Waals surface area (Å²) in [7, 11) is 0. The Kier molecular flexibility index (Phi) is 4.70. The number of carbonyl (C=O) groups is 1. The van der Waals surface area contributed by atoms with Crippen molar-refractivity contribution in [1.82, 2.24) is 4.90 Å². The Morgan fingerprint density at radius 2 is 2.14 bits per heavy atom. The second kappa shape index (κ2) is 6.89. The highest BCUT2D eigenvalue weighted by molar-refractivity contribution is 8.15. The van der Waals surface area contributed by atoms with Gasteiger partial charge in [0.15, 0.2) is 5.17 Å². The molecule has 4 nitrogen and oxygen atoms in total. The highest BCUT2D eigenvalue weighted by atomic mass is 32.2. The summed E-state index contributed by atoms with van der Waals surface area (Å²) in [5.74, 6) is 0.512. The zero-order chi connectivity index (χ0) is 15.4. The minimum absolute atomic E-state index is 0.0818. The van der Waals surface area contributed by atoms with Crippen molar-refractivity contribution < 1.29 is 4.79 Å². The maximum atomic E-state index is 12.1. The van der Waals surface area contributed by atoms with E-state index in [1.807, 2.05) is 35.7 Å². The van der Waals surface area contributed by atoms with E-state index in [0.29, 0.717) is 17.5 Å². The quantitative estimate of drug-likeness (QED) is 0.636. The largest absolute Gasteiger partial charge is 0.285 e. The molecule has 0 atom stereocenters. The zero-order valence-corrected chi connectivity index (χ0v) is 13.7. The Labute approximate surface area is 137 Å². The molecule has 2 aromatic rings. The number of aryl methyl sites for hydroxylation is 1. The van der Waals surface area contributed by atoms with Gasteiger partial charge in [-0.2, -0.15) is 5.10 Å². The topological polar surface area (TPSA) is 45.0 Å². The first-order valence-corrected chi connectivity index (χ1v) is 8.73. The number of rotatable bonds is 4. The van der Waals surface area contributed by atoms with Crippen LogP contribution in [0.2, 0.25) is 0 Å². The van der Waals surface area contributed by atoms with Crippen LogP contribution in [0.15, 0.2) is 52.0 Å². The van der Waals surface area contributed by atoms with Gasteiger partial charge in [-0.1, -0.05) is 42.1 Å². The molecule has 1 fully saturated rings. The van der Waals surface area contributed by atoms with Crippen LogP contribution in [0, 0.1) is 6.92 Å². The summed E-state index contributed by atoms with van der Waals surface area (Å²) in [4.78, 5) is 14.8. The summed E-state index contributed by atoms with van der Waals surface area (Å²) in [5.41, 5.74) is 2.31. The Morgan fingerprint density at radius 1 is 1.27 bits per heavy atom. The van der Waals surface area contributed by atoms with E-state index in [2.05, 4.69) is 23.2 Å². The van der Waals surface area contributed by atoms with E-state index in [1.165, 1.54) is 17.3 Å². The fourth-order valence-corrected chi connectivity index (χ4v) is 3.50. The van der Waals surface area contributed by atoms with Crippen molar-refractivity contribution in [3.8, 4) is 0 Å². The zero-order valence-electron chi connectivity index (χ0n) is 12.1. The van der Waals surface area contributed by atoms with E-state index in [0.717, 1.165) is 10.4 Å². The van der Waals surface area contributed by atoms with Crippen LogP contribution >= 0.6 is 23.1 Å². The van der Waals surface area contributed by atoms with E-state index >= 15 is 0 Å². The first-order valence-electron chi connectivity index (χ1n) is 6.86. The molecule has 1 aliphatic heterocycles. The third-order valence-electron chi connectivity index (χ3n) is 3.32. The Morgan fingerprint density at radius 3 is 2.91 bits per heavy atom. The number of amides is 1. The van der Waals surface area contributed by atoms with E-state index in [9.17, 15) is 4.79 Å². The molecule has 0 bridgehead atoms. The summed E-state index contributed by atoms with van der Waals surface area (Å²) in [6.45, 7) is 2.60. The molecule has 1 amide bonds. The summed E-state index contributed by atoms with van der Waals surface area (Å²) >= 11 is 3.04. The second-order valence-electron chi connectivity index (χ2n) is 4.84. The summed E-state index contributed by atoms with van der Waals surface area (Å²) in [5, 5.41) is 11.0. The molecule has 0 aliphatic carbocycles. The lowest BCUT2D eigenvalue weighted by Crippen LogP contribution is -2.29. The number of hydrogen-bond acceptors (Lipinski definition) is 5. The van der Waals surface area contributed by atoms with Crippen LogP contribution in [0.1, 0.15) is 16.0 Å². The molecule has 3 rings (SSSR count). The Hall–Kier alpha value is -1.92. The first-order chi connectivity index (χ1) is 10.7. The summed E-state index contributed by atoms with van der Waals surface area (Å²) < 4.78 is 0. The third kappa shape index (κ3) is 3.45. The molecule has 112 valence electrons. The van der Waals surface area contributed by atoms with Crippen LogP contribution in [0.25, 0.3) is 0 Å². The van der Waals surface area contributed by atoms with Crippen molar-refractivity contribution in [3.63, 3.8) is 0 Å². The molecule has 1 aromatic heterocycles. The number of thioether (sulfide) groups is 1. The molecule has 0 spiro atoms. The molecule has 1 saturated heterocycles. The van der Waals surface area contributed by atoms with Crippen LogP contribution < -0.4 is 0 Å². The van der Waals surface area contributed by atoms with Gasteiger partial charge in [-0.05, 0) is 29.5 Å². The molecular formula is C16H15N3OS2. The van der Waals surface area contributed by atoms with Crippen molar-refractivity contribution in [2.45, 2.75) is 13.5 Å². The maximum Gasteiger partial charge on any atom is 0.239 e. The highest BCUT2D eigenvalue weighted by Crippen LogP contribution is 2.23. The monoisotopic (exact) mass is 329 g/mol. The van der Waals surface area contributed by atoms with Crippen LogP contribution in [-0.2, 0) is 11.3 Å². The van der Waals surface area contributed by atoms with Crippen molar-refractivity contribution in [2.24, 2.45) is 10.2 Å². The predicted molar refractivity (Wildman–Crippen MR) is 93.5 cm³/mol. The SMILES string of the molecule is Cc1ccccc1CN1C(=O)CSC1=NN=Cc1cccs1. The number of thiophene rings is 1. The predicted octanol–water partition coefficient (Wildman–Crippen LogP) is 3.52. The smallest absolute Gasteiger partial charge is 0.239 e. The number of hydrogen-bond donors (Lipinski definition) is 0. The average molecular weight is 329 g/mol. The fourth-order valence-electron chi connectivity index (χ4n) is 2.09. The molecule has 22 heavy (non-hydrogen) atoms. The Balaban J connectivity index is 1.76.